The van der Waals surface area contributed by atoms with Crippen molar-refractivity contribution in [3.05, 3.63) is 59.7 Å². The highest BCUT2D eigenvalue weighted by molar-refractivity contribution is 5.67. The van der Waals surface area contributed by atoms with Crippen LogP contribution in [-0.4, -0.2) is 6.04 Å². The van der Waals surface area contributed by atoms with Gasteiger partial charge in [-0.1, -0.05) is 56.3 Å². The van der Waals surface area contributed by atoms with Crippen LogP contribution in [0.2, 0.25) is 0 Å². The Morgan fingerprint density at radius 2 is 1.72 bits per heavy atom. The van der Waals surface area contributed by atoms with E-state index >= 15 is 0 Å². The fourth-order valence-corrected chi connectivity index (χ4v) is 2.03. The van der Waals surface area contributed by atoms with Crippen molar-refractivity contribution in [1.29, 1.82) is 0 Å². The highest BCUT2D eigenvalue weighted by atomic mass is 14.9. The standard InChI is InChI=1S/C17H21N/c1-13(2)18-12-15-10-9-14(3)17(11-15)16-7-5-4-6-8-16/h4-11,13,18H,12H2,1-3H3. The average Bonchev–Trinajstić information content (AvgIpc) is 2.38. The van der Waals surface area contributed by atoms with E-state index in [0.717, 1.165) is 6.54 Å². The predicted molar refractivity (Wildman–Crippen MR) is 78.6 cm³/mol. The van der Waals surface area contributed by atoms with E-state index in [9.17, 15) is 0 Å². The van der Waals surface area contributed by atoms with Gasteiger partial charge in [0.15, 0.2) is 0 Å². The number of benzene rings is 2. The van der Waals surface area contributed by atoms with E-state index in [1.165, 1.54) is 22.3 Å². The molecule has 18 heavy (non-hydrogen) atoms. The van der Waals surface area contributed by atoms with Crippen molar-refractivity contribution in [3.8, 4) is 11.1 Å². The van der Waals surface area contributed by atoms with Crippen molar-refractivity contribution in [3.63, 3.8) is 0 Å². The maximum Gasteiger partial charge on any atom is 0.0208 e. The maximum absolute atomic E-state index is 3.46. The minimum absolute atomic E-state index is 0.520. The zero-order valence-electron chi connectivity index (χ0n) is 11.4. The number of aryl methyl sites for hydroxylation is 1. The van der Waals surface area contributed by atoms with Crippen molar-refractivity contribution in [1.82, 2.24) is 5.32 Å². The van der Waals surface area contributed by atoms with E-state index in [4.69, 9.17) is 0 Å². The van der Waals surface area contributed by atoms with E-state index < -0.39 is 0 Å². The second-order valence-corrected chi connectivity index (χ2v) is 5.05. The number of hydrogen-bond acceptors (Lipinski definition) is 1. The Kier molecular flexibility index (Phi) is 4.16. The molecule has 0 aliphatic heterocycles. The van der Waals surface area contributed by atoms with Gasteiger partial charge in [-0.05, 0) is 35.2 Å². The summed E-state index contributed by atoms with van der Waals surface area (Å²) in [5.74, 6) is 0. The van der Waals surface area contributed by atoms with Crippen LogP contribution in [0.25, 0.3) is 11.1 Å². The highest BCUT2D eigenvalue weighted by Crippen LogP contribution is 2.24. The summed E-state index contributed by atoms with van der Waals surface area (Å²) in [7, 11) is 0. The summed E-state index contributed by atoms with van der Waals surface area (Å²) < 4.78 is 0. The molecular formula is C17H21N. The summed E-state index contributed by atoms with van der Waals surface area (Å²) in [6.07, 6.45) is 0. The molecule has 0 saturated heterocycles. The normalized spacial score (nSPS) is 10.9. The molecule has 2 aromatic carbocycles. The molecule has 0 saturated carbocycles. The summed E-state index contributed by atoms with van der Waals surface area (Å²) in [4.78, 5) is 0. The van der Waals surface area contributed by atoms with Gasteiger partial charge in [0.25, 0.3) is 0 Å². The van der Waals surface area contributed by atoms with Crippen LogP contribution in [0, 0.1) is 6.92 Å². The first-order valence-corrected chi connectivity index (χ1v) is 6.55. The van der Waals surface area contributed by atoms with Gasteiger partial charge in [0.2, 0.25) is 0 Å². The van der Waals surface area contributed by atoms with Crippen LogP contribution in [0.5, 0.6) is 0 Å². The third-order valence-corrected chi connectivity index (χ3v) is 3.10. The minimum atomic E-state index is 0.520. The topological polar surface area (TPSA) is 12.0 Å². The molecule has 0 aliphatic rings. The molecule has 1 N–H and O–H groups in total. The summed E-state index contributed by atoms with van der Waals surface area (Å²) in [5.41, 5.74) is 5.29. The number of rotatable bonds is 4. The van der Waals surface area contributed by atoms with E-state index in [1.54, 1.807) is 0 Å². The van der Waals surface area contributed by atoms with Crippen molar-refractivity contribution >= 4 is 0 Å². The van der Waals surface area contributed by atoms with Gasteiger partial charge in [0, 0.05) is 12.6 Å². The summed E-state index contributed by atoms with van der Waals surface area (Å²) in [6, 6.07) is 17.8. The number of nitrogens with one attached hydrogen (secondary N) is 1. The van der Waals surface area contributed by atoms with Crippen LogP contribution in [0.4, 0.5) is 0 Å². The smallest absolute Gasteiger partial charge is 0.0208 e. The van der Waals surface area contributed by atoms with Gasteiger partial charge in [-0.2, -0.15) is 0 Å². The van der Waals surface area contributed by atoms with Crippen molar-refractivity contribution in [2.45, 2.75) is 33.4 Å². The van der Waals surface area contributed by atoms with Crippen LogP contribution in [0.1, 0.15) is 25.0 Å². The van der Waals surface area contributed by atoms with Gasteiger partial charge in [-0.25, -0.2) is 0 Å². The molecule has 2 aromatic rings. The molecule has 0 amide bonds. The van der Waals surface area contributed by atoms with Gasteiger partial charge < -0.3 is 5.32 Å². The average molecular weight is 239 g/mol. The van der Waals surface area contributed by atoms with Crippen LogP contribution in [-0.2, 0) is 6.54 Å². The molecule has 0 spiro atoms. The Balaban J connectivity index is 2.27. The van der Waals surface area contributed by atoms with Gasteiger partial charge in [-0.15, -0.1) is 0 Å². The highest BCUT2D eigenvalue weighted by Gasteiger charge is 2.03. The quantitative estimate of drug-likeness (QED) is 0.844. The Hall–Kier alpha value is -1.60. The van der Waals surface area contributed by atoms with Gasteiger partial charge in [-0.3, -0.25) is 0 Å². The third kappa shape index (κ3) is 3.21. The molecule has 1 nitrogen and oxygen atoms in total. The first-order valence-electron chi connectivity index (χ1n) is 6.55. The van der Waals surface area contributed by atoms with Gasteiger partial charge in [0.05, 0.1) is 0 Å². The van der Waals surface area contributed by atoms with Crippen molar-refractivity contribution in [2.75, 3.05) is 0 Å². The molecular weight excluding hydrogens is 218 g/mol. The van der Waals surface area contributed by atoms with Crippen molar-refractivity contribution in [2.24, 2.45) is 0 Å². The van der Waals surface area contributed by atoms with Crippen LogP contribution in [0.15, 0.2) is 48.5 Å². The predicted octanol–water partition coefficient (Wildman–Crippen LogP) is 4.16. The SMILES string of the molecule is Cc1ccc(CNC(C)C)cc1-c1ccccc1. The molecule has 0 unspecified atom stereocenters. The van der Waals surface area contributed by atoms with Crippen LogP contribution < -0.4 is 5.32 Å². The molecule has 0 heterocycles. The minimum Gasteiger partial charge on any atom is -0.310 e. The molecule has 1 heteroatoms. The van der Waals surface area contributed by atoms with E-state index in [-0.39, 0.29) is 0 Å². The molecule has 0 aromatic heterocycles. The Labute approximate surface area is 110 Å². The molecule has 0 fully saturated rings. The zero-order chi connectivity index (χ0) is 13.0. The first-order chi connectivity index (χ1) is 8.66. The van der Waals surface area contributed by atoms with E-state index in [0.29, 0.717) is 6.04 Å². The lowest BCUT2D eigenvalue weighted by Gasteiger charge is -2.11. The maximum atomic E-state index is 3.46. The fraction of sp³-hybridized carbons (Fsp3) is 0.294. The van der Waals surface area contributed by atoms with Crippen molar-refractivity contribution < 1.29 is 0 Å². The Morgan fingerprint density at radius 3 is 2.39 bits per heavy atom. The molecule has 0 radical (unpaired) electrons. The van der Waals surface area contributed by atoms with Gasteiger partial charge >= 0.3 is 0 Å². The number of hydrogen-bond donors (Lipinski definition) is 1. The van der Waals surface area contributed by atoms with Gasteiger partial charge in [0.1, 0.15) is 0 Å². The molecule has 0 atom stereocenters. The largest absolute Gasteiger partial charge is 0.310 e. The second-order valence-electron chi connectivity index (χ2n) is 5.05. The second kappa shape index (κ2) is 5.83. The molecule has 2 rings (SSSR count). The lowest BCUT2D eigenvalue weighted by molar-refractivity contribution is 0.589. The zero-order valence-corrected chi connectivity index (χ0v) is 11.4. The first kappa shape index (κ1) is 12.8. The van der Waals surface area contributed by atoms with Crippen LogP contribution >= 0.6 is 0 Å². The molecule has 0 bridgehead atoms. The summed E-state index contributed by atoms with van der Waals surface area (Å²) in [6.45, 7) is 7.44. The van der Waals surface area contributed by atoms with E-state index in [1.807, 2.05) is 0 Å². The lowest BCUT2D eigenvalue weighted by Crippen LogP contribution is -2.21. The molecule has 0 aliphatic carbocycles. The monoisotopic (exact) mass is 239 g/mol. The summed E-state index contributed by atoms with van der Waals surface area (Å²) >= 11 is 0. The van der Waals surface area contributed by atoms with Crippen LogP contribution in [0.3, 0.4) is 0 Å². The van der Waals surface area contributed by atoms with E-state index in [2.05, 4.69) is 74.6 Å². The lowest BCUT2D eigenvalue weighted by atomic mass is 9.98. The summed E-state index contributed by atoms with van der Waals surface area (Å²) in [5, 5.41) is 3.46. The Morgan fingerprint density at radius 1 is 1.00 bits per heavy atom. The third-order valence-electron chi connectivity index (χ3n) is 3.10. The molecule has 94 valence electrons. The Bertz CT molecular complexity index is 500. The fourth-order valence-electron chi connectivity index (χ4n) is 2.03.